The fourth-order valence-electron chi connectivity index (χ4n) is 3.60. The van der Waals surface area contributed by atoms with Gasteiger partial charge in [0.2, 0.25) is 5.91 Å². The van der Waals surface area contributed by atoms with Crippen molar-refractivity contribution in [2.24, 2.45) is 0 Å². The first-order valence-corrected chi connectivity index (χ1v) is 9.58. The lowest BCUT2D eigenvalue weighted by molar-refractivity contribution is -0.131. The van der Waals surface area contributed by atoms with E-state index in [1.54, 1.807) is 0 Å². The Labute approximate surface area is 158 Å². The van der Waals surface area contributed by atoms with Gasteiger partial charge < -0.3 is 14.1 Å². The standard InChI is InChI=1S/C22H24N2O3/c1-2-26-18-9-7-16(8-10-18)15-21(25)24-13-11-17(12-14-24)22-23-19-5-3-4-6-20(19)27-22/h3-10,17H,2,11-15H2,1H3. The van der Waals surface area contributed by atoms with Gasteiger partial charge in [0.25, 0.3) is 0 Å². The fourth-order valence-corrected chi connectivity index (χ4v) is 3.60. The van der Waals surface area contributed by atoms with E-state index in [-0.39, 0.29) is 11.8 Å². The number of fused-ring (bicyclic) bond motifs is 1. The number of hydrogen-bond donors (Lipinski definition) is 0. The Balaban J connectivity index is 1.33. The molecule has 0 bridgehead atoms. The summed E-state index contributed by atoms with van der Waals surface area (Å²) < 4.78 is 11.4. The molecule has 0 aliphatic carbocycles. The van der Waals surface area contributed by atoms with E-state index >= 15 is 0 Å². The third-order valence-corrected chi connectivity index (χ3v) is 5.10. The first-order chi connectivity index (χ1) is 13.2. The van der Waals surface area contributed by atoms with Crippen LogP contribution in [-0.2, 0) is 11.2 Å². The third-order valence-electron chi connectivity index (χ3n) is 5.10. The van der Waals surface area contributed by atoms with Gasteiger partial charge in [-0.15, -0.1) is 0 Å². The van der Waals surface area contributed by atoms with Gasteiger partial charge in [-0.05, 0) is 49.6 Å². The number of carbonyl (C=O) groups excluding carboxylic acids is 1. The van der Waals surface area contributed by atoms with Crippen molar-refractivity contribution in [1.82, 2.24) is 9.88 Å². The third kappa shape index (κ3) is 3.97. The molecule has 27 heavy (non-hydrogen) atoms. The molecule has 1 saturated heterocycles. The molecule has 1 fully saturated rings. The second kappa shape index (κ2) is 7.82. The highest BCUT2D eigenvalue weighted by atomic mass is 16.5. The molecule has 5 nitrogen and oxygen atoms in total. The van der Waals surface area contributed by atoms with Gasteiger partial charge in [0.05, 0.1) is 13.0 Å². The average molecular weight is 364 g/mol. The number of aromatic nitrogens is 1. The van der Waals surface area contributed by atoms with Crippen LogP contribution in [0.15, 0.2) is 52.9 Å². The van der Waals surface area contributed by atoms with Crippen LogP contribution in [0.4, 0.5) is 0 Å². The van der Waals surface area contributed by atoms with Gasteiger partial charge in [-0.3, -0.25) is 4.79 Å². The van der Waals surface area contributed by atoms with Gasteiger partial charge in [0, 0.05) is 19.0 Å². The molecule has 0 saturated carbocycles. The van der Waals surface area contributed by atoms with Crippen LogP contribution in [0.5, 0.6) is 5.75 Å². The first kappa shape index (κ1) is 17.6. The summed E-state index contributed by atoms with van der Waals surface area (Å²) in [6.45, 7) is 4.10. The number of rotatable bonds is 5. The minimum Gasteiger partial charge on any atom is -0.494 e. The SMILES string of the molecule is CCOc1ccc(CC(=O)N2CCC(c3nc4ccccc4o3)CC2)cc1. The lowest BCUT2D eigenvalue weighted by Crippen LogP contribution is -2.38. The monoisotopic (exact) mass is 364 g/mol. The summed E-state index contributed by atoms with van der Waals surface area (Å²) in [7, 11) is 0. The minimum atomic E-state index is 0.176. The van der Waals surface area contributed by atoms with Crippen LogP contribution >= 0.6 is 0 Å². The highest BCUT2D eigenvalue weighted by Gasteiger charge is 2.27. The molecule has 1 amide bonds. The molecule has 0 spiro atoms. The Hall–Kier alpha value is -2.82. The van der Waals surface area contributed by atoms with Gasteiger partial charge >= 0.3 is 0 Å². The van der Waals surface area contributed by atoms with E-state index < -0.39 is 0 Å². The molecule has 0 atom stereocenters. The van der Waals surface area contributed by atoms with Crippen LogP contribution < -0.4 is 4.74 Å². The van der Waals surface area contributed by atoms with E-state index in [4.69, 9.17) is 9.15 Å². The molecule has 3 aromatic rings. The maximum Gasteiger partial charge on any atom is 0.226 e. The van der Waals surface area contributed by atoms with Gasteiger partial charge in [0.15, 0.2) is 11.5 Å². The summed E-state index contributed by atoms with van der Waals surface area (Å²) in [5.74, 6) is 2.10. The summed E-state index contributed by atoms with van der Waals surface area (Å²) in [4.78, 5) is 19.2. The highest BCUT2D eigenvalue weighted by Crippen LogP contribution is 2.30. The Morgan fingerprint density at radius 2 is 1.89 bits per heavy atom. The van der Waals surface area contributed by atoms with Crippen LogP contribution in [-0.4, -0.2) is 35.5 Å². The summed E-state index contributed by atoms with van der Waals surface area (Å²) in [6, 6.07) is 15.6. The van der Waals surface area contributed by atoms with Crippen LogP contribution in [0.3, 0.4) is 0 Å². The second-order valence-corrected chi connectivity index (χ2v) is 6.93. The fraction of sp³-hybridized carbons (Fsp3) is 0.364. The predicted octanol–water partition coefficient (Wildman–Crippen LogP) is 4.18. The zero-order valence-electron chi connectivity index (χ0n) is 15.6. The molecule has 0 radical (unpaired) electrons. The molecule has 4 rings (SSSR count). The van der Waals surface area contributed by atoms with Crippen molar-refractivity contribution in [1.29, 1.82) is 0 Å². The second-order valence-electron chi connectivity index (χ2n) is 6.93. The van der Waals surface area contributed by atoms with Gasteiger partial charge in [-0.2, -0.15) is 0 Å². The smallest absolute Gasteiger partial charge is 0.226 e. The molecule has 1 aliphatic heterocycles. The summed E-state index contributed by atoms with van der Waals surface area (Å²) in [6.07, 6.45) is 2.21. The molecular weight excluding hydrogens is 340 g/mol. The van der Waals surface area contributed by atoms with E-state index in [2.05, 4.69) is 4.98 Å². The number of piperidine rings is 1. The van der Waals surface area contributed by atoms with Crippen molar-refractivity contribution in [3.8, 4) is 5.75 Å². The van der Waals surface area contributed by atoms with E-state index in [9.17, 15) is 4.79 Å². The zero-order valence-corrected chi connectivity index (χ0v) is 15.6. The molecule has 1 aromatic heterocycles. The Kier molecular flexibility index (Phi) is 5.10. The average Bonchev–Trinajstić information content (AvgIpc) is 3.14. The minimum absolute atomic E-state index is 0.176. The van der Waals surface area contributed by atoms with E-state index in [0.29, 0.717) is 13.0 Å². The summed E-state index contributed by atoms with van der Waals surface area (Å²) >= 11 is 0. The molecule has 0 unspecified atom stereocenters. The molecule has 140 valence electrons. The van der Waals surface area contributed by atoms with Crippen molar-refractivity contribution >= 4 is 17.0 Å². The van der Waals surface area contributed by atoms with E-state index in [1.807, 2.05) is 60.4 Å². The number of ether oxygens (including phenoxy) is 1. The van der Waals surface area contributed by atoms with Crippen molar-refractivity contribution in [3.05, 3.63) is 60.0 Å². The van der Waals surface area contributed by atoms with Crippen molar-refractivity contribution < 1.29 is 13.9 Å². The van der Waals surface area contributed by atoms with Crippen molar-refractivity contribution in [3.63, 3.8) is 0 Å². The predicted molar refractivity (Wildman–Crippen MR) is 104 cm³/mol. The maximum absolute atomic E-state index is 12.6. The topological polar surface area (TPSA) is 55.6 Å². The number of hydrogen-bond acceptors (Lipinski definition) is 4. The summed E-state index contributed by atoms with van der Waals surface area (Å²) in [5.41, 5.74) is 2.76. The lowest BCUT2D eigenvalue weighted by atomic mass is 9.96. The number of nitrogens with zero attached hydrogens (tertiary/aromatic N) is 2. The van der Waals surface area contributed by atoms with E-state index in [1.165, 1.54) is 0 Å². The summed E-state index contributed by atoms with van der Waals surface area (Å²) in [5, 5.41) is 0. The number of benzene rings is 2. The molecular formula is C22H24N2O3. The molecule has 2 heterocycles. The Bertz CT molecular complexity index is 876. The van der Waals surface area contributed by atoms with Gasteiger partial charge in [0.1, 0.15) is 11.3 Å². The van der Waals surface area contributed by atoms with Crippen molar-refractivity contribution in [2.75, 3.05) is 19.7 Å². The number of likely N-dealkylation sites (tertiary alicyclic amines) is 1. The van der Waals surface area contributed by atoms with Gasteiger partial charge in [-0.25, -0.2) is 4.98 Å². The van der Waals surface area contributed by atoms with Crippen molar-refractivity contribution in [2.45, 2.75) is 32.1 Å². The van der Waals surface area contributed by atoms with Crippen LogP contribution in [0, 0.1) is 0 Å². The zero-order chi connectivity index (χ0) is 18.6. The molecule has 2 aromatic carbocycles. The first-order valence-electron chi connectivity index (χ1n) is 9.58. The molecule has 1 aliphatic rings. The number of oxazole rings is 1. The normalized spacial score (nSPS) is 15.2. The maximum atomic E-state index is 12.6. The number of amides is 1. The largest absolute Gasteiger partial charge is 0.494 e. The lowest BCUT2D eigenvalue weighted by Gasteiger charge is -2.30. The van der Waals surface area contributed by atoms with E-state index in [0.717, 1.165) is 54.2 Å². The number of carbonyl (C=O) groups is 1. The van der Waals surface area contributed by atoms with Crippen LogP contribution in [0.2, 0.25) is 0 Å². The molecule has 0 N–H and O–H groups in total. The van der Waals surface area contributed by atoms with Gasteiger partial charge in [-0.1, -0.05) is 24.3 Å². The van der Waals surface area contributed by atoms with Crippen LogP contribution in [0.25, 0.3) is 11.1 Å². The highest BCUT2D eigenvalue weighted by molar-refractivity contribution is 5.79. The molecule has 5 heteroatoms. The Morgan fingerprint density at radius 1 is 1.15 bits per heavy atom. The number of para-hydroxylation sites is 2. The van der Waals surface area contributed by atoms with Crippen LogP contribution in [0.1, 0.15) is 37.1 Å². The quantitative estimate of drug-likeness (QED) is 0.682. The Morgan fingerprint density at radius 3 is 2.59 bits per heavy atom.